The Morgan fingerprint density at radius 2 is 1.83 bits per heavy atom. The van der Waals surface area contributed by atoms with Gasteiger partial charge in [0.1, 0.15) is 11.4 Å². The highest BCUT2D eigenvalue weighted by atomic mass is 16.3. The van der Waals surface area contributed by atoms with E-state index in [-0.39, 0.29) is 17.4 Å². The Kier molecular flexibility index (Phi) is 4.06. The van der Waals surface area contributed by atoms with Crippen LogP contribution in [0.4, 0.5) is 0 Å². The number of fused-ring (bicyclic) bond motifs is 5. The van der Waals surface area contributed by atoms with Gasteiger partial charge in [0, 0.05) is 12.5 Å². The first-order valence-electron chi connectivity index (χ1n) is 11.4. The Hall–Kier alpha value is -1.17. The smallest absolute Gasteiger partial charge is 0.114 e. The van der Waals surface area contributed by atoms with E-state index >= 15 is 0 Å². The van der Waals surface area contributed by atoms with Crippen LogP contribution in [0.15, 0.2) is 17.8 Å². The van der Waals surface area contributed by atoms with Gasteiger partial charge in [0.15, 0.2) is 0 Å². The number of hydrogen-bond donors (Lipinski definition) is 3. The maximum absolute atomic E-state index is 12.2. The van der Waals surface area contributed by atoms with Gasteiger partial charge in [-0.15, -0.1) is 0 Å². The molecule has 3 saturated carbocycles. The van der Waals surface area contributed by atoms with Gasteiger partial charge in [-0.3, -0.25) is 0 Å². The third kappa shape index (κ3) is 2.25. The first kappa shape index (κ1) is 19.8. The molecule has 7 atom stereocenters. The summed E-state index contributed by atoms with van der Waals surface area (Å²) in [5, 5.41) is 34.5. The molecule has 0 radical (unpaired) electrons. The van der Waals surface area contributed by atoms with Crippen molar-refractivity contribution < 1.29 is 15.3 Å². The Balaban J connectivity index is 1.57. The van der Waals surface area contributed by atoms with Gasteiger partial charge in [-0.1, -0.05) is 25.5 Å². The van der Waals surface area contributed by atoms with E-state index in [1.54, 1.807) is 6.20 Å². The molecule has 160 valence electrons. The molecular weight excluding hydrogens is 364 g/mol. The Bertz CT molecular complexity index is 877. The van der Waals surface area contributed by atoms with E-state index in [0.29, 0.717) is 18.8 Å². The number of aliphatic hydroxyl groups is 3. The summed E-state index contributed by atoms with van der Waals surface area (Å²) >= 11 is 0. The summed E-state index contributed by atoms with van der Waals surface area (Å²) in [6.07, 6.45) is 10.4. The van der Waals surface area contributed by atoms with Crippen LogP contribution in [0.3, 0.4) is 0 Å². The van der Waals surface area contributed by atoms with Gasteiger partial charge < -0.3 is 19.9 Å². The van der Waals surface area contributed by atoms with Gasteiger partial charge in [-0.05, 0) is 75.5 Å². The molecule has 0 aliphatic heterocycles. The van der Waals surface area contributed by atoms with Crippen molar-refractivity contribution in [2.45, 2.75) is 89.4 Å². The largest absolute Gasteiger partial charge is 0.393 e. The predicted octanol–water partition coefficient (Wildman–Crippen LogP) is 3.35. The van der Waals surface area contributed by atoms with E-state index in [9.17, 15) is 15.3 Å². The minimum atomic E-state index is -1.06. The molecule has 5 heteroatoms. The lowest BCUT2D eigenvalue weighted by Crippen LogP contribution is -2.63. The van der Waals surface area contributed by atoms with Crippen LogP contribution < -0.4 is 0 Å². The quantitative estimate of drug-likeness (QED) is 0.632. The lowest BCUT2D eigenvalue weighted by atomic mass is 9.45. The second-order valence-electron chi connectivity index (χ2n) is 10.9. The highest BCUT2D eigenvalue weighted by Gasteiger charge is 2.72. The van der Waals surface area contributed by atoms with E-state index in [1.807, 2.05) is 18.5 Å². The molecule has 2 unspecified atom stereocenters. The summed E-state index contributed by atoms with van der Waals surface area (Å²) in [5.74, 6) is 1.47. The van der Waals surface area contributed by atoms with Gasteiger partial charge in [0.25, 0.3) is 0 Å². The van der Waals surface area contributed by atoms with Crippen LogP contribution >= 0.6 is 0 Å². The van der Waals surface area contributed by atoms with Gasteiger partial charge in [0.2, 0.25) is 0 Å². The zero-order valence-electron chi connectivity index (χ0n) is 18.3. The van der Waals surface area contributed by atoms with Crippen molar-refractivity contribution in [2.24, 2.45) is 29.7 Å². The molecule has 1 aromatic rings. The van der Waals surface area contributed by atoms with Crippen molar-refractivity contribution in [1.29, 1.82) is 0 Å². The standard InChI is InChI=1S/C24H36N2O3/c1-15-25-14-20(26(15)4)24(29)12-11-23(28)19-6-5-16-13-17(27)7-9-21(16,2)18(19)8-10-22(23,24)3/h5,14,17-19,27-29H,6-13H2,1-4H3/t17?,18-,19-,21+,22+,23-,24?/m1/s1. The van der Waals surface area contributed by atoms with Crippen LogP contribution in [0, 0.1) is 29.6 Å². The van der Waals surface area contributed by atoms with Crippen LogP contribution in [0.2, 0.25) is 0 Å². The fraction of sp³-hybridized carbons (Fsp3) is 0.792. The van der Waals surface area contributed by atoms with E-state index in [4.69, 9.17) is 0 Å². The minimum absolute atomic E-state index is 0.0725. The average Bonchev–Trinajstić information content (AvgIpc) is 3.12. The number of aromatic nitrogens is 2. The summed E-state index contributed by atoms with van der Waals surface area (Å²) in [4.78, 5) is 4.44. The SMILES string of the molecule is Cc1ncc(C2(O)CC[C@@]3(O)[C@@H]4CC=C5CC(O)CC[C@]5(C)[C@@H]4CC[C@]23C)n1C. The highest BCUT2D eigenvalue weighted by molar-refractivity contribution is 5.32. The van der Waals surface area contributed by atoms with Crippen molar-refractivity contribution >= 4 is 0 Å². The van der Waals surface area contributed by atoms with Crippen LogP contribution in [0.1, 0.15) is 76.7 Å². The van der Waals surface area contributed by atoms with Crippen molar-refractivity contribution in [2.75, 3.05) is 0 Å². The number of imidazole rings is 1. The molecule has 3 fully saturated rings. The molecule has 0 spiro atoms. The number of aliphatic hydroxyl groups excluding tert-OH is 1. The fourth-order valence-electron chi connectivity index (χ4n) is 7.92. The van der Waals surface area contributed by atoms with E-state index in [2.05, 4.69) is 24.9 Å². The molecule has 0 bridgehead atoms. The molecule has 29 heavy (non-hydrogen) atoms. The van der Waals surface area contributed by atoms with Crippen molar-refractivity contribution in [3.63, 3.8) is 0 Å². The Labute approximate surface area is 173 Å². The molecule has 5 nitrogen and oxygen atoms in total. The molecule has 0 saturated heterocycles. The lowest BCUT2D eigenvalue weighted by molar-refractivity contribution is -0.219. The summed E-state index contributed by atoms with van der Waals surface area (Å²) in [6, 6.07) is 0. The maximum Gasteiger partial charge on any atom is 0.114 e. The molecule has 0 aromatic carbocycles. The van der Waals surface area contributed by atoms with Gasteiger partial charge >= 0.3 is 0 Å². The molecule has 1 heterocycles. The van der Waals surface area contributed by atoms with Crippen LogP contribution in [-0.2, 0) is 12.6 Å². The molecule has 4 aliphatic carbocycles. The number of aryl methyl sites for hydroxylation is 1. The van der Waals surface area contributed by atoms with E-state index in [1.165, 1.54) is 5.57 Å². The van der Waals surface area contributed by atoms with Gasteiger partial charge in [0.05, 0.1) is 23.6 Å². The molecular formula is C24H36N2O3. The molecule has 0 amide bonds. The topological polar surface area (TPSA) is 78.5 Å². The minimum Gasteiger partial charge on any atom is -0.393 e. The third-order valence-electron chi connectivity index (χ3n) is 10.1. The zero-order valence-corrected chi connectivity index (χ0v) is 18.3. The maximum atomic E-state index is 12.2. The normalized spacial score (nSPS) is 49.2. The highest BCUT2D eigenvalue weighted by Crippen LogP contribution is 2.70. The van der Waals surface area contributed by atoms with Crippen LogP contribution in [0.25, 0.3) is 0 Å². The predicted molar refractivity (Wildman–Crippen MR) is 111 cm³/mol. The number of hydrogen-bond acceptors (Lipinski definition) is 4. The molecule has 1 aromatic heterocycles. The molecule has 5 rings (SSSR count). The Morgan fingerprint density at radius 3 is 2.52 bits per heavy atom. The summed E-state index contributed by atoms with van der Waals surface area (Å²) in [6.45, 7) is 6.43. The Morgan fingerprint density at radius 1 is 1.07 bits per heavy atom. The number of allylic oxidation sites excluding steroid dienone is 1. The van der Waals surface area contributed by atoms with E-state index < -0.39 is 16.6 Å². The molecule has 3 N–H and O–H groups in total. The zero-order chi connectivity index (χ0) is 20.8. The van der Waals surface area contributed by atoms with Crippen molar-refractivity contribution in [1.82, 2.24) is 9.55 Å². The monoisotopic (exact) mass is 400 g/mol. The van der Waals surface area contributed by atoms with Crippen LogP contribution in [0.5, 0.6) is 0 Å². The molecule has 4 aliphatic rings. The summed E-state index contributed by atoms with van der Waals surface area (Å²) in [7, 11) is 1.96. The number of nitrogens with zero attached hydrogens (tertiary/aromatic N) is 2. The van der Waals surface area contributed by atoms with E-state index in [0.717, 1.165) is 50.0 Å². The van der Waals surface area contributed by atoms with Crippen molar-refractivity contribution in [3.8, 4) is 0 Å². The second kappa shape index (κ2) is 5.95. The van der Waals surface area contributed by atoms with Gasteiger partial charge in [-0.25, -0.2) is 4.98 Å². The van der Waals surface area contributed by atoms with Gasteiger partial charge in [-0.2, -0.15) is 0 Å². The summed E-state index contributed by atoms with van der Waals surface area (Å²) in [5.41, 5.74) is -0.216. The first-order valence-corrected chi connectivity index (χ1v) is 11.4. The second-order valence-corrected chi connectivity index (χ2v) is 10.9. The number of rotatable bonds is 1. The lowest BCUT2D eigenvalue weighted by Gasteiger charge is -2.62. The third-order valence-corrected chi connectivity index (χ3v) is 10.1. The fourth-order valence-corrected chi connectivity index (χ4v) is 7.92. The van der Waals surface area contributed by atoms with Crippen LogP contribution in [-0.4, -0.2) is 36.6 Å². The van der Waals surface area contributed by atoms with Crippen molar-refractivity contribution in [3.05, 3.63) is 29.4 Å². The average molecular weight is 401 g/mol. The first-order chi connectivity index (χ1) is 13.6. The summed E-state index contributed by atoms with van der Waals surface area (Å²) < 4.78 is 1.99.